The third-order valence-electron chi connectivity index (χ3n) is 6.17. The van der Waals surface area contributed by atoms with Crippen LogP contribution in [-0.2, 0) is 9.59 Å². The van der Waals surface area contributed by atoms with Crippen LogP contribution in [0.3, 0.4) is 0 Å². The Hall–Kier alpha value is -5.42. The summed E-state index contributed by atoms with van der Waals surface area (Å²) in [4.78, 5) is 25.2. The summed E-state index contributed by atoms with van der Waals surface area (Å²) >= 11 is 0. The zero-order chi connectivity index (χ0) is 27.2. The summed E-state index contributed by atoms with van der Waals surface area (Å²) < 4.78 is 10.4. The van der Waals surface area contributed by atoms with E-state index in [2.05, 4.69) is 60.5 Å². The predicted molar refractivity (Wildman–Crippen MR) is 156 cm³/mol. The maximum Gasteiger partial charge on any atom is 0.335 e. The first-order valence-electron chi connectivity index (χ1n) is 12.3. The third-order valence-corrected chi connectivity index (χ3v) is 6.17. The van der Waals surface area contributed by atoms with Crippen LogP contribution in [0.5, 0.6) is 11.5 Å². The number of carbonyl (C=O) groups excluding carboxylic acids is 2. The van der Waals surface area contributed by atoms with Gasteiger partial charge in [0.25, 0.3) is 0 Å². The van der Waals surface area contributed by atoms with Crippen LogP contribution in [0.1, 0.15) is 0 Å². The maximum atomic E-state index is 11.6. The van der Waals surface area contributed by atoms with Crippen molar-refractivity contribution in [3.8, 4) is 22.6 Å². The second kappa shape index (κ2) is 11.3. The molecule has 5 aromatic carbocycles. The number of ether oxygens (including phenoxy) is 2. The van der Waals surface area contributed by atoms with E-state index in [0.717, 1.165) is 51.1 Å². The van der Waals surface area contributed by atoms with Crippen LogP contribution in [-0.4, -0.2) is 11.9 Å². The lowest BCUT2D eigenvalue weighted by molar-refractivity contribution is -0.129. The number of rotatable bonds is 8. The van der Waals surface area contributed by atoms with E-state index in [-0.39, 0.29) is 0 Å². The van der Waals surface area contributed by atoms with E-state index in [1.807, 2.05) is 48.5 Å². The SMILES string of the molecule is C=CC(=O)Oc1ccc(-c2ccc(N(c3ccc(OC(=O)C=C)cc3)c3ccc4ccccc4c3)cc2)cc1. The Balaban J connectivity index is 1.49. The van der Waals surface area contributed by atoms with Crippen molar-refractivity contribution in [1.82, 2.24) is 0 Å². The molecule has 0 N–H and O–H groups in total. The van der Waals surface area contributed by atoms with E-state index in [9.17, 15) is 9.59 Å². The monoisotopic (exact) mass is 511 g/mol. The Kier molecular flexibility index (Phi) is 7.32. The van der Waals surface area contributed by atoms with Gasteiger partial charge in [0.2, 0.25) is 0 Å². The third kappa shape index (κ3) is 5.78. The molecular formula is C34H25NO4. The van der Waals surface area contributed by atoms with Crippen molar-refractivity contribution in [3.63, 3.8) is 0 Å². The molecule has 0 aliphatic rings. The van der Waals surface area contributed by atoms with Gasteiger partial charge in [0.05, 0.1) is 0 Å². The second-order valence-electron chi connectivity index (χ2n) is 8.68. The minimum atomic E-state index is -0.503. The molecule has 0 unspecified atom stereocenters. The van der Waals surface area contributed by atoms with E-state index in [4.69, 9.17) is 9.47 Å². The summed E-state index contributed by atoms with van der Waals surface area (Å²) in [5.41, 5.74) is 4.87. The number of anilines is 3. The average Bonchev–Trinajstić information content (AvgIpc) is 2.98. The smallest absolute Gasteiger partial charge is 0.335 e. The zero-order valence-corrected chi connectivity index (χ0v) is 21.1. The molecule has 39 heavy (non-hydrogen) atoms. The van der Waals surface area contributed by atoms with Gasteiger partial charge in [0.1, 0.15) is 11.5 Å². The summed E-state index contributed by atoms with van der Waals surface area (Å²) in [7, 11) is 0. The van der Waals surface area contributed by atoms with Crippen LogP contribution in [0.2, 0.25) is 0 Å². The lowest BCUT2D eigenvalue weighted by Gasteiger charge is -2.26. The Bertz CT molecular complexity index is 1650. The van der Waals surface area contributed by atoms with E-state index >= 15 is 0 Å². The van der Waals surface area contributed by atoms with Crippen molar-refractivity contribution < 1.29 is 19.1 Å². The normalized spacial score (nSPS) is 10.5. The van der Waals surface area contributed by atoms with Gasteiger partial charge in [-0.05, 0) is 82.6 Å². The van der Waals surface area contributed by atoms with E-state index < -0.39 is 11.9 Å². The maximum absolute atomic E-state index is 11.6. The molecule has 0 radical (unpaired) electrons. The highest BCUT2D eigenvalue weighted by Crippen LogP contribution is 2.37. The van der Waals surface area contributed by atoms with E-state index in [1.165, 1.54) is 0 Å². The highest BCUT2D eigenvalue weighted by molar-refractivity contribution is 5.90. The largest absolute Gasteiger partial charge is 0.423 e. The van der Waals surface area contributed by atoms with Crippen molar-refractivity contribution in [2.45, 2.75) is 0 Å². The molecule has 5 aromatic rings. The Labute approximate surface area is 226 Å². The topological polar surface area (TPSA) is 55.8 Å². The summed E-state index contributed by atoms with van der Waals surface area (Å²) in [5.74, 6) is -0.0888. The van der Waals surface area contributed by atoms with E-state index in [0.29, 0.717) is 11.5 Å². The van der Waals surface area contributed by atoms with Gasteiger partial charge < -0.3 is 14.4 Å². The fraction of sp³-hybridized carbons (Fsp3) is 0. The molecule has 190 valence electrons. The molecule has 0 fully saturated rings. The van der Waals surface area contributed by atoms with Crippen molar-refractivity contribution in [1.29, 1.82) is 0 Å². The fourth-order valence-electron chi connectivity index (χ4n) is 4.26. The predicted octanol–water partition coefficient (Wildman–Crippen LogP) is 8.16. The molecule has 5 nitrogen and oxygen atoms in total. The zero-order valence-electron chi connectivity index (χ0n) is 21.1. The molecular weight excluding hydrogens is 486 g/mol. The summed E-state index contributed by atoms with van der Waals surface area (Å²) in [6.45, 7) is 6.87. The van der Waals surface area contributed by atoms with Crippen molar-refractivity contribution in [3.05, 3.63) is 141 Å². The van der Waals surface area contributed by atoms with Crippen LogP contribution in [0.4, 0.5) is 17.1 Å². The minimum Gasteiger partial charge on any atom is -0.423 e. The van der Waals surface area contributed by atoms with Gasteiger partial charge in [0, 0.05) is 29.2 Å². The van der Waals surface area contributed by atoms with Gasteiger partial charge in [-0.15, -0.1) is 0 Å². The van der Waals surface area contributed by atoms with Crippen molar-refractivity contribution in [2.24, 2.45) is 0 Å². The lowest BCUT2D eigenvalue weighted by Crippen LogP contribution is -2.10. The summed E-state index contributed by atoms with van der Waals surface area (Å²) in [5, 5.41) is 2.29. The van der Waals surface area contributed by atoms with Gasteiger partial charge in [-0.1, -0.05) is 67.8 Å². The second-order valence-corrected chi connectivity index (χ2v) is 8.68. The number of esters is 2. The number of nitrogens with zero attached hydrogens (tertiary/aromatic N) is 1. The molecule has 0 aliphatic carbocycles. The Morgan fingerprint density at radius 1 is 0.538 bits per heavy atom. The molecule has 0 heterocycles. The van der Waals surface area contributed by atoms with Gasteiger partial charge >= 0.3 is 11.9 Å². The molecule has 5 rings (SSSR count). The first-order chi connectivity index (χ1) is 19.0. The van der Waals surface area contributed by atoms with Gasteiger partial charge in [-0.2, -0.15) is 0 Å². The average molecular weight is 512 g/mol. The molecule has 5 heteroatoms. The summed E-state index contributed by atoms with van der Waals surface area (Å²) in [6.07, 6.45) is 2.27. The molecule has 0 aliphatic heterocycles. The standard InChI is InChI=1S/C34H25NO4/c1-3-33(36)38-31-19-12-26(13-20-31)25-9-14-28(15-10-25)35(29-17-21-32(22-18-29)39-34(37)4-2)30-16-11-24-7-5-6-8-27(24)23-30/h3-23H,1-2H2. The number of carbonyl (C=O) groups is 2. The van der Waals surface area contributed by atoms with Crippen molar-refractivity contribution in [2.75, 3.05) is 4.90 Å². The van der Waals surface area contributed by atoms with Crippen LogP contribution in [0.15, 0.2) is 141 Å². The van der Waals surface area contributed by atoms with Crippen LogP contribution in [0, 0.1) is 0 Å². The minimum absolute atomic E-state index is 0.444. The van der Waals surface area contributed by atoms with Crippen LogP contribution in [0.25, 0.3) is 21.9 Å². The molecule has 0 saturated heterocycles. The number of benzene rings is 5. The number of fused-ring (bicyclic) bond motifs is 1. The van der Waals surface area contributed by atoms with Crippen LogP contribution < -0.4 is 14.4 Å². The first-order valence-corrected chi connectivity index (χ1v) is 12.3. The van der Waals surface area contributed by atoms with E-state index in [1.54, 1.807) is 24.3 Å². The molecule has 0 saturated carbocycles. The fourth-order valence-corrected chi connectivity index (χ4v) is 4.26. The Morgan fingerprint density at radius 3 is 1.51 bits per heavy atom. The molecule has 0 aromatic heterocycles. The number of hydrogen-bond donors (Lipinski definition) is 0. The van der Waals surface area contributed by atoms with Crippen LogP contribution >= 0.6 is 0 Å². The highest BCUT2D eigenvalue weighted by atomic mass is 16.5. The number of hydrogen-bond acceptors (Lipinski definition) is 5. The van der Waals surface area contributed by atoms with Gasteiger partial charge in [0.15, 0.2) is 0 Å². The summed E-state index contributed by atoms with van der Waals surface area (Å²) in [6, 6.07) is 37.5. The molecule has 0 spiro atoms. The lowest BCUT2D eigenvalue weighted by atomic mass is 10.0. The van der Waals surface area contributed by atoms with Crippen molar-refractivity contribution >= 4 is 39.8 Å². The molecule has 0 bridgehead atoms. The van der Waals surface area contributed by atoms with Gasteiger partial charge in [-0.3, -0.25) is 0 Å². The molecule has 0 amide bonds. The molecule has 0 atom stereocenters. The highest BCUT2D eigenvalue weighted by Gasteiger charge is 2.14. The quantitative estimate of drug-likeness (QED) is 0.119. The van der Waals surface area contributed by atoms with Gasteiger partial charge in [-0.25, -0.2) is 9.59 Å². The first kappa shape index (κ1) is 25.2. The Morgan fingerprint density at radius 2 is 0.974 bits per heavy atom.